The van der Waals surface area contributed by atoms with Gasteiger partial charge in [0.25, 0.3) is 5.19 Å². The van der Waals surface area contributed by atoms with E-state index in [9.17, 15) is 9.18 Å². The summed E-state index contributed by atoms with van der Waals surface area (Å²) >= 11 is 1.19. The Hall–Kier alpha value is -2.19. The SMILES string of the molecule is CC(C)(C)OC(=O)Nc1ccc(Oc2nc(CO)cs2)cc1F. The van der Waals surface area contributed by atoms with E-state index >= 15 is 0 Å². The molecule has 0 saturated heterocycles. The highest BCUT2D eigenvalue weighted by molar-refractivity contribution is 7.11. The lowest BCUT2D eigenvalue weighted by molar-refractivity contribution is 0.0635. The molecule has 0 atom stereocenters. The highest BCUT2D eigenvalue weighted by atomic mass is 32.1. The molecule has 0 aliphatic rings. The number of aromatic nitrogens is 1. The quantitative estimate of drug-likeness (QED) is 0.882. The zero-order valence-electron chi connectivity index (χ0n) is 12.9. The molecule has 2 N–H and O–H groups in total. The van der Waals surface area contributed by atoms with Gasteiger partial charge in [0, 0.05) is 11.4 Å². The third-order valence-electron chi connectivity index (χ3n) is 2.47. The van der Waals surface area contributed by atoms with E-state index in [-0.39, 0.29) is 18.0 Å². The number of hydrogen-bond donors (Lipinski definition) is 2. The van der Waals surface area contributed by atoms with Gasteiger partial charge in [0.15, 0.2) is 5.82 Å². The summed E-state index contributed by atoms with van der Waals surface area (Å²) in [4.78, 5) is 15.6. The monoisotopic (exact) mass is 340 g/mol. The lowest BCUT2D eigenvalue weighted by Gasteiger charge is -2.19. The Kier molecular flexibility index (Phi) is 5.17. The maximum atomic E-state index is 14.0. The zero-order chi connectivity index (χ0) is 17.0. The summed E-state index contributed by atoms with van der Waals surface area (Å²) in [5.74, 6) is -0.427. The molecule has 0 radical (unpaired) electrons. The van der Waals surface area contributed by atoms with Crippen molar-refractivity contribution in [3.8, 4) is 10.9 Å². The molecule has 6 nitrogen and oxygen atoms in total. The van der Waals surface area contributed by atoms with Gasteiger partial charge in [0.1, 0.15) is 11.4 Å². The number of carbonyl (C=O) groups is 1. The number of thiazole rings is 1. The maximum Gasteiger partial charge on any atom is 0.412 e. The van der Waals surface area contributed by atoms with Crippen LogP contribution < -0.4 is 10.1 Å². The number of anilines is 1. The number of aliphatic hydroxyl groups excluding tert-OH is 1. The Morgan fingerprint density at radius 1 is 1.43 bits per heavy atom. The molecule has 1 aromatic heterocycles. The molecule has 2 aromatic rings. The standard InChI is InChI=1S/C15H17FN2O4S/c1-15(2,3)22-13(20)18-12-5-4-10(6-11(12)16)21-14-17-9(7-19)8-23-14/h4-6,8,19H,7H2,1-3H3,(H,18,20). The van der Waals surface area contributed by atoms with Crippen LogP contribution in [-0.2, 0) is 11.3 Å². The summed E-state index contributed by atoms with van der Waals surface area (Å²) in [6, 6.07) is 4.00. The molecule has 0 saturated carbocycles. The summed E-state index contributed by atoms with van der Waals surface area (Å²) in [7, 11) is 0. The largest absolute Gasteiger partial charge is 0.444 e. The molecule has 0 aliphatic carbocycles. The molecule has 23 heavy (non-hydrogen) atoms. The highest BCUT2D eigenvalue weighted by Gasteiger charge is 2.17. The molecule has 1 aromatic carbocycles. The number of ether oxygens (including phenoxy) is 2. The van der Waals surface area contributed by atoms with Crippen LogP contribution in [0.25, 0.3) is 0 Å². The summed E-state index contributed by atoms with van der Waals surface area (Å²) < 4.78 is 24.5. The van der Waals surface area contributed by atoms with Gasteiger partial charge in [-0.1, -0.05) is 11.3 Å². The van der Waals surface area contributed by atoms with Crippen molar-refractivity contribution in [3.63, 3.8) is 0 Å². The van der Waals surface area contributed by atoms with Crippen LogP contribution >= 0.6 is 11.3 Å². The average Bonchev–Trinajstić information content (AvgIpc) is 2.87. The number of benzene rings is 1. The van der Waals surface area contributed by atoms with Crippen molar-refractivity contribution in [2.24, 2.45) is 0 Å². The van der Waals surface area contributed by atoms with Gasteiger partial charge in [-0.05, 0) is 32.9 Å². The second kappa shape index (κ2) is 6.93. The van der Waals surface area contributed by atoms with Gasteiger partial charge in [0.05, 0.1) is 18.0 Å². The van der Waals surface area contributed by atoms with Crippen molar-refractivity contribution < 1.29 is 23.8 Å². The lowest BCUT2D eigenvalue weighted by Crippen LogP contribution is -2.27. The van der Waals surface area contributed by atoms with Gasteiger partial charge >= 0.3 is 6.09 Å². The minimum Gasteiger partial charge on any atom is -0.444 e. The third kappa shape index (κ3) is 5.19. The number of nitrogens with zero attached hydrogens (tertiary/aromatic N) is 1. The lowest BCUT2D eigenvalue weighted by atomic mass is 10.2. The van der Waals surface area contributed by atoms with Gasteiger partial charge in [-0.3, -0.25) is 5.32 Å². The molecule has 1 amide bonds. The molecule has 0 fully saturated rings. The summed E-state index contributed by atoms with van der Waals surface area (Å²) in [6.07, 6.45) is -0.738. The molecule has 124 valence electrons. The Morgan fingerprint density at radius 3 is 2.74 bits per heavy atom. The van der Waals surface area contributed by atoms with Gasteiger partial charge < -0.3 is 14.6 Å². The van der Waals surface area contributed by atoms with Gasteiger partial charge in [-0.15, -0.1) is 0 Å². The first kappa shape index (κ1) is 17.2. The average molecular weight is 340 g/mol. The molecule has 8 heteroatoms. The molecule has 0 unspecified atom stereocenters. The van der Waals surface area contributed by atoms with Crippen LogP contribution in [-0.4, -0.2) is 21.8 Å². The van der Waals surface area contributed by atoms with Crippen LogP contribution in [0.2, 0.25) is 0 Å². The molecule has 0 bridgehead atoms. The maximum absolute atomic E-state index is 14.0. The second-order valence-electron chi connectivity index (χ2n) is 5.63. The number of rotatable bonds is 4. The van der Waals surface area contributed by atoms with E-state index in [1.807, 2.05) is 0 Å². The first-order chi connectivity index (χ1) is 10.8. The zero-order valence-corrected chi connectivity index (χ0v) is 13.7. The van der Waals surface area contributed by atoms with E-state index in [0.717, 1.165) is 6.07 Å². The number of hydrogen-bond acceptors (Lipinski definition) is 6. The summed E-state index contributed by atoms with van der Waals surface area (Å²) in [6.45, 7) is 4.96. The van der Waals surface area contributed by atoms with Crippen molar-refractivity contribution in [2.75, 3.05) is 5.32 Å². The van der Waals surface area contributed by atoms with Gasteiger partial charge in [0.2, 0.25) is 0 Å². The summed E-state index contributed by atoms with van der Waals surface area (Å²) in [5, 5.41) is 13.2. The van der Waals surface area contributed by atoms with E-state index in [2.05, 4.69) is 10.3 Å². The predicted molar refractivity (Wildman–Crippen MR) is 84.4 cm³/mol. The molecule has 1 heterocycles. The van der Waals surface area contributed by atoms with Crippen molar-refractivity contribution in [3.05, 3.63) is 35.1 Å². The van der Waals surface area contributed by atoms with Crippen molar-refractivity contribution >= 4 is 23.1 Å². The smallest absolute Gasteiger partial charge is 0.412 e. The fourth-order valence-electron chi connectivity index (χ4n) is 1.58. The van der Waals surface area contributed by atoms with E-state index in [1.54, 1.807) is 26.2 Å². The van der Waals surface area contributed by atoms with Crippen molar-refractivity contribution in [2.45, 2.75) is 33.0 Å². The minimum atomic E-state index is -0.738. The molecule has 0 aliphatic heterocycles. The number of halogens is 1. The topological polar surface area (TPSA) is 80.7 Å². The van der Waals surface area contributed by atoms with Crippen molar-refractivity contribution in [1.29, 1.82) is 0 Å². The second-order valence-corrected chi connectivity index (χ2v) is 6.45. The van der Waals surface area contributed by atoms with Crippen LogP contribution in [0, 0.1) is 5.82 Å². The Bertz CT molecular complexity index is 697. The fourth-order valence-corrected chi connectivity index (χ4v) is 2.26. The van der Waals surface area contributed by atoms with Crippen LogP contribution in [0.1, 0.15) is 26.5 Å². The van der Waals surface area contributed by atoms with Crippen LogP contribution in [0.15, 0.2) is 23.6 Å². The van der Waals surface area contributed by atoms with Gasteiger partial charge in [-0.2, -0.15) is 0 Å². The molecule has 0 spiro atoms. The third-order valence-corrected chi connectivity index (χ3v) is 3.24. The molecular formula is C15H17FN2O4S. The molecule has 2 rings (SSSR count). The molecular weight excluding hydrogens is 323 g/mol. The summed E-state index contributed by atoms with van der Waals surface area (Å²) in [5.41, 5.74) is -0.200. The Labute approximate surface area is 136 Å². The number of nitrogens with one attached hydrogen (secondary N) is 1. The highest BCUT2D eigenvalue weighted by Crippen LogP contribution is 2.28. The van der Waals surface area contributed by atoms with E-state index in [0.29, 0.717) is 10.9 Å². The van der Waals surface area contributed by atoms with E-state index in [1.165, 1.54) is 23.5 Å². The number of aliphatic hydroxyl groups is 1. The van der Waals surface area contributed by atoms with Crippen molar-refractivity contribution in [1.82, 2.24) is 4.98 Å². The normalized spacial score (nSPS) is 11.2. The first-order valence-corrected chi connectivity index (χ1v) is 7.67. The minimum absolute atomic E-state index is 0.0122. The van der Waals surface area contributed by atoms with Crippen LogP contribution in [0.5, 0.6) is 10.9 Å². The van der Waals surface area contributed by atoms with E-state index in [4.69, 9.17) is 14.6 Å². The number of amides is 1. The van der Waals surface area contributed by atoms with Crippen LogP contribution in [0.3, 0.4) is 0 Å². The van der Waals surface area contributed by atoms with Crippen LogP contribution in [0.4, 0.5) is 14.9 Å². The first-order valence-electron chi connectivity index (χ1n) is 6.79. The fraction of sp³-hybridized carbons (Fsp3) is 0.333. The number of carbonyl (C=O) groups excluding carboxylic acids is 1. The van der Waals surface area contributed by atoms with E-state index < -0.39 is 17.5 Å². The Balaban J connectivity index is 2.04. The van der Waals surface area contributed by atoms with Gasteiger partial charge in [-0.25, -0.2) is 14.2 Å². The Morgan fingerprint density at radius 2 is 2.17 bits per heavy atom. The predicted octanol–water partition coefficient (Wildman–Crippen LogP) is 3.91.